The molecule has 1 aromatic carbocycles. The number of hydrogen-bond donors (Lipinski definition) is 3. The Bertz CT molecular complexity index is 976. The number of benzene rings is 1. The maximum absolute atomic E-state index is 12.8. The Labute approximate surface area is 167 Å². The third-order valence-electron chi connectivity index (χ3n) is 5.02. The number of carbonyl (C=O) groups is 1. The van der Waals surface area contributed by atoms with Gasteiger partial charge in [-0.15, -0.1) is 0 Å². The molecular formula is C19H25ClN5O3+. The van der Waals surface area contributed by atoms with Crippen molar-refractivity contribution < 1.29 is 9.69 Å². The molecule has 1 aliphatic heterocycles. The van der Waals surface area contributed by atoms with Crippen molar-refractivity contribution in [2.75, 3.05) is 43.4 Å². The minimum absolute atomic E-state index is 0.0439. The molecule has 0 amide bonds. The fourth-order valence-electron chi connectivity index (χ4n) is 3.55. The Hall–Kier alpha value is -2.58. The van der Waals surface area contributed by atoms with Gasteiger partial charge in [0.05, 0.1) is 26.2 Å². The number of Topliss-reactive ketones (excluding diaryl/α,β-unsaturated/α-hetero) is 1. The summed E-state index contributed by atoms with van der Waals surface area (Å²) in [4.78, 5) is 42.3. The Balaban J connectivity index is 1.69. The summed E-state index contributed by atoms with van der Waals surface area (Å²) >= 11 is 6.06. The number of hydrogen-bond acceptors (Lipinski definition) is 5. The van der Waals surface area contributed by atoms with E-state index in [2.05, 4.69) is 9.88 Å². The van der Waals surface area contributed by atoms with Crippen molar-refractivity contribution in [1.29, 1.82) is 0 Å². The molecule has 4 N–H and O–H groups in total. The number of nitrogens with one attached hydrogen (secondary N) is 2. The van der Waals surface area contributed by atoms with E-state index in [0.717, 1.165) is 36.8 Å². The zero-order chi connectivity index (χ0) is 20.3. The molecule has 0 saturated carbocycles. The van der Waals surface area contributed by atoms with E-state index in [1.165, 1.54) is 4.57 Å². The van der Waals surface area contributed by atoms with Crippen LogP contribution in [0.15, 0.2) is 33.9 Å². The van der Waals surface area contributed by atoms with E-state index >= 15 is 0 Å². The van der Waals surface area contributed by atoms with E-state index in [1.54, 1.807) is 0 Å². The van der Waals surface area contributed by atoms with Crippen LogP contribution < -0.4 is 26.8 Å². The van der Waals surface area contributed by atoms with Gasteiger partial charge >= 0.3 is 5.69 Å². The van der Waals surface area contributed by atoms with E-state index in [4.69, 9.17) is 17.3 Å². The molecule has 0 radical (unpaired) electrons. The highest BCUT2D eigenvalue weighted by Gasteiger charge is 2.26. The molecule has 1 aromatic heterocycles. The molecule has 0 atom stereocenters. The minimum atomic E-state index is -0.711. The first-order valence-corrected chi connectivity index (χ1v) is 9.78. The summed E-state index contributed by atoms with van der Waals surface area (Å²) in [6.45, 7) is 5.49. The average Bonchev–Trinajstić information content (AvgIpc) is 2.65. The smallest absolute Gasteiger partial charge is 0.329 e. The highest BCUT2D eigenvalue weighted by molar-refractivity contribution is 6.30. The first-order chi connectivity index (χ1) is 13.4. The zero-order valence-corrected chi connectivity index (χ0v) is 16.6. The fourth-order valence-corrected chi connectivity index (χ4v) is 3.73. The van der Waals surface area contributed by atoms with Crippen LogP contribution in [0.1, 0.15) is 23.7 Å². The summed E-state index contributed by atoms with van der Waals surface area (Å²) in [6.07, 6.45) is 0.667. The molecule has 1 fully saturated rings. The summed E-state index contributed by atoms with van der Waals surface area (Å²) in [5, 5.41) is 0.694. The van der Waals surface area contributed by atoms with Crippen LogP contribution in [-0.2, 0) is 6.54 Å². The molecule has 0 bridgehead atoms. The lowest BCUT2D eigenvalue weighted by molar-refractivity contribution is -0.892. The molecule has 2 heterocycles. The van der Waals surface area contributed by atoms with Crippen molar-refractivity contribution in [3.05, 3.63) is 55.7 Å². The monoisotopic (exact) mass is 406 g/mol. The average molecular weight is 407 g/mol. The Morgan fingerprint density at radius 1 is 1.29 bits per heavy atom. The van der Waals surface area contributed by atoms with E-state index < -0.39 is 11.2 Å². The van der Waals surface area contributed by atoms with Gasteiger partial charge in [0.1, 0.15) is 17.9 Å². The molecule has 2 aromatic rings. The predicted molar refractivity (Wildman–Crippen MR) is 110 cm³/mol. The van der Waals surface area contributed by atoms with Crippen molar-refractivity contribution in [1.82, 2.24) is 9.55 Å². The molecule has 0 aliphatic carbocycles. The largest absolute Gasteiger partial charge is 0.384 e. The molecule has 1 aliphatic rings. The lowest BCUT2D eigenvalue weighted by atomic mass is 10.1. The number of piperazine rings is 1. The topological polar surface area (TPSA) is 106 Å². The van der Waals surface area contributed by atoms with Crippen LogP contribution in [0.5, 0.6) is 0 Å². The van der Waals surface area contributed by atoms with Crippen molar-refractivity contribution >= 4 is 28.9 Å². The van der Waals surface area contributed by atoms with Gasteiger partial charge in [-0.25, -0.2) is 4.79 Å². The second-order valence-electron chi connectivity index (χ2n) is 6.99. The van der Waals surface area contributed by atoms with Crippen molar-refractivity contribution in [3.63, 3.8) is 0 Å². The van der Waals surface area contributed by atoms with E-state index in [1.807, 2.05) is 31.2 Å². The Morgan fingerprint density at radius 2 is 2.00 bits per heavy atom. The normalized spacial score (nSPS) is 15.0. The van der Waals surface area contributed by atoms with Gasteiger partial charge < -0.3 is 15.5 Å². The van der Waals surface area contributed by atoms with Gasteiger partial charge in [-0.3, -0.25) is 19.1 Å². The van der Waals surface area contributed by atoms with Crippen molar-refractivity contribution in [3.8, 4) is 0 Å². The number of carbonyl (C=O) groups excluding carboxylic acids is 1. The Kier molecular flexibility index (Phi) is 6.21. The van der Waals surface area contributed by atoms with Crippen LogP contribution in [0.25, 0.3) is 0 Å². The number of rotatable bonds is 6. The van der Waals surface area contributed by atoms with Crippen molar-refractivity contribution in [2.24, 2.45) is 0 Å². The third-order valence-corrected chi connectivity index (χ3v) is 5.26. The van der Waals surface area contributed by atoms with Crippen molar-refractivity contribution in [2.45, 2.75) is 19.9 Å². The van der Waals surface area contributed by atoms with Gasteiger partial charge in [-0.2, -0.15) is 0 Å². The molecule has 9 heteroatoms. The standard InChI is InChI=1S/C19H24ClN5O3/c1-2-6-25-17(21)16(18(27)22-19(25)28)15(26)12-23-7-9-24(10-8-23)14-5-3-4-13(20)11-14/h3-5,11H,2,6-10,12,21H2,1H3,(H,22,27,28)/p+1. The number of nitrogens with zero attached hydrogens (tertiary/aromatic N) is 2. The summed E-state index contributed by atoms with van der Waals surface area (Å²) in [6, 6.07) is 7.69. The predicted octanol–water partition coefficient (Wildman–Crippen LogP) is -0.230. The summed E-state index contributed by atoms with van der Waals surface area (Å²) < 4.78 is 1.25. The van der Waals surface area contributed by atoms with Crippen LogP contribution in [0.4, 0.5) is 11.5 Å². The maximum Gasteiger partial charge on any atom is 0.329 e. The zero-order valence-electron chi connectivity index (χ0n) is 15.8. The molecule has 28 heavy (non-hydrogen) atoms. The summed E-state index contributed by atoms with van der Waals surface area (Å²) in [5.41, 5.74) is 5.64. The maximum atomic E-state index is 12.8. The number of nitrogens with two attached hydrogens (primary N) is 1. The quantitative estimate of drug-likeness (QED) is 0.575. The van der Waals surface area contributed by atoms with E-state index in [9.17, 15) is 14.4 Å². The fraction of sp³-hybridized carbons (Fsp3) is 0.421. The summed E-state index contributed by atoms with van der Waals surface area (Å²) in [5.74, 6) is -0.382. The van der Waals surface area contributed by atoms with Crippen LogP contribution >= 0.6 is 11.6 Å². The number of aromatic amines is 1. The molecule has 8 nitrogen and oxygen atoms in total. The van der Waals surface area contributed by atoms with E-state index in [0.29, 0.717) is 18.0 Å². The molecule has 150 valence electrons. The SMILES string of the molecule is CCCn1c(N)c(C(=O)C[NH+]2CCN(c3cccc(Cl)c3)CC2)c(=O)[nH]c1=O. The van der Waals surface area contributed by atoms with E-state index in [-0.39, 0.29) is 23.7 Å². The molecule has 0 unspecified atom stereocenters. The van der Waals surface area contributed by atoms with Gasteiger partial charge in [0.25, 0.3) is 5.56 Å². The van der Waals surface area contributed by atoms with Crippen LogP contribution in [-0.4, -0.2) is 48.1 Å². The first-order valence-electron chi connectivity index (χ1n) is 9.40. The number of quaternary nitrogens is 1. The first kappa shape index (κ1) is 20.2. The number of ketones is 1. The Morgan fingerprint density at radius 3 is 2.64 bits per heavy atom. The minimum Gasteiger partial charge on any atom is -0.384 e. The highest BCUT2D eigenvalue weighted by atomic mass is 35.5. The van der Waals surface area contributed by atoms with Gasteiger partial charge in [0.15, 0.2) is 0 Å². The van der Waals surface area contributed by atoms with Crippen LogP contribution in [0.3, 0.4) is 0 Å². The molecular weight excluding hydrogens is 382 g/mol. The van der Waals surface area contributed by atoms with Gasteiger partial charge in [-0.05, 0) is 24.6 Å². The van der Waals surface area contributed by atoms with Gasteiger partial charge in [0.2, 0.25) is 5.78 Å². The molecule has 3 rings (SSSR count). The number of H-pyrrole nitrogens is 1. The number of nitrogen functional groups attached to an aromatic ring is 1. The van der Waals surface area contributed by atoms with Gasteiger partial charge in [-0.1, -0.05) is 24.6 Å². The summed E-state index contributed by atoms with van der Waals surface area (Å²) in [7, 11) is 0. The van der Waals surface area contributed by atoms with Gasteiger partial charge in [0, 0.05) is 17.3 Å². The lowest BCUT2D eigenvalue weighted by Gasteiger charge is -2.33. The second-order valence-corrected chi connectivity index (χ2v) is 7.42. The number of aromatic nitrogens is 2. The molecule has 1 saturated heterocycles. The number of halogens is 1. The van der Waals surface area contributed by atoms with Crippen LogP contribution in [0, 0.1) is 0 Å². The highest BCUT2D eigenvalue weighted by Crippen LogP contribution is 2.19. The lowest BCUT2D eigenvalue weighted by Crippen LogP contribution is -3.15. The number of anilines is 2. The third kappa shape index (κ3) is 4.28. The second kappa shape index (κ2) is 8.62. The molecule has 0 spiro atoms. The van der Waals surface area contributed by atoms with Crippen LogP contribution in [0.2, 0.25) is 5.02 Å².